The Hall–Kier alpha value is -2.84. The Morgan fingerprint density at radius 1 is 1.23 bits per heavy atom. The monoisotopic (exact) mass is 409 g/mol. The number of ether oxygens (including phenoxy) is 1. The molecule has 3 aromatic rings. The molecule has 0 unspecified atom stereocenters. The average molecular weight is 409 g/mol. The van der Waals surface area contributed by atoms with Crippen LogP contribution in [0.5, 0.6) is 0 Å². The molecular weight excluding hydrogens is 385 g/mol. The number of carbonyl (C=O) groups excluding carboxylic acids is 1. The van der Waals surface area contributed by atoms with Crippen molar-refractivity contribution in [1.82, 2.24) is 20.1 Å². The zero-order valence-electron chi connectivity index (χ0n) is 17.0. The Morgan fingerprint density at radius 3 is 2.77 bits per heavy atom. The fourth-order valence-corrected chi connectivity index (χ4v) is 4.52. The Labute approximate surface area is 173 Å². The van der Waals surface area contributed by atoms with Gasteiger partial charge in [-0.1, -0.05) is 18.2 Å². The number of nitrogens with one attached hydrogen (secondary N) is 2. The predicted molar refractivity (Wildman–Crippen MR) is 112 cm³/mol. The lowest BCUT2D eigenvalue weighted by Gasteiger charge is -2.30. The summed E-state index contributed by atoms with van der Waals surface area (Å²) in [5.74, 6) is 0.210. The van der Waals surface area contributed by atoms with Crippen LogP contribution in [0.3, 0.4) is 0 Å². The van der Waals surface area contributed by atoms with Crippen LogP contribution in [0.2, 0.25) is 0 Å². The summed E-state index contributed by atoms with van der Waals surface area (Å²) in [6.45, 7) is 3.26. The number of pyridine rings is 1. The van der Waals surface area contributed by atoms with Gasteiger partial charge in [0.25, 0.3) is 5.91 Å². The van der Waals surface area contributed by atoms with Gasteiger partial charge in [-0.05, 0) is 45.0 Å². The lowest BCUT2D eigenvalue weighted by Crippen LogP contribution is -2.41. The highest BCUT2D eigenvalue weighted by molar-refractivity contribution is 6.07. The minimum absolute atomic E-state index is 0.196. The number of nitrogens with zero attached hydrogens (tertiary/aromatic N) is 3. The SMILES string of the molecule is CO[C@]1(C)C(=O)Nc2nccc(-c3nn(CC4(F)CCNCC4)c4ccccc34)c21. The summed E-state index contributed by atoms with van der Waals surface area (Å²) in [6, 6.07) is 9.64. The zero-order valence-corrected chi connectivity index (χ0v) is 17.0. The Morgan fingerprint density at radius 2 is 2.00 bits per heavy atom. The topological polar surface area (TPSA) is 81.1 Å². The van der Waals surface area contributed by atoms with Gasteiger partial charge in [-0.15, -0.1) is 0 Å². The Bertz CT molecular complexity index is 1140. The predicted octanol–water partition coefficient (Wildman–Crippen LogP) is 3.00. The molecule has 2 aromatic heterocycles. The molecule has 0 saturated carbocycles. The molecule has 1 atom stereocenters. The quantitative estimate of drug-likeness (QED) is 0.692. The van der Waals surface area contributed by atoms with Crippen molar-refractivity contribution in [2.45, 2.75) is 37.6 Å². The second-order valence-electron chi connectivity index (χ2n) is 8.20. The fraction of sp³-hybridized carbons (Fsp3) is 0.409. The molecular formula is C22H24FN5O2. The normalized spacial score (nSPS) is 22.8. The van der Waals surface area contributed by atoms with Gasteiger partial charge in [0.1, 0.15) is 17.2 Å². The number of fused-ring (bicyclic) bond motifs is 2. The molecule has 0 aliphatic carbocycles. The van der Waals surface area contributed by atoms with Gasteiger partial charge < -0.3 is 15.4 Å². The molecule has 0 bridgehead atoms. The van der Waals surface area contributed by atoms with Crippen LogP contribution in [0.1, 0.15) is 25.3 Å². The van der Waals surface area contributed by atoms with Crippen molar-refractivity contribution in [3.8, 4) is 11.3 Å². The first-order valence-electron chi connectivity index (χ1n) is 10.2. The minimum Gasteiger partial charge on any atom is -0.364 e. The van der Waals surface area contributed by atoms with Crippen LogP contribution in [0, 0.1) is 0 Å². The molecule has 1 saturated heterocycles. The van der Waals surface area contributed by atoms with E-state index in [2.05, 4.69) is 15.6 Å². The molecule has 0 spiro atoms. The second kappa shape index (κ2) is 6.85. The third-order valence-corrected chi connectivity index (χ3v) is 6.35. The van der Waals surface area contributed by atoms with Crippen LogP contribution >= 0.6 is 0 Å². The van der Waals surface area contributed by atoms with E-state index >= 15 is 4.39 Å². The summed E-state index contributed by atoms with van der Waals surface area (Å²) >= 11 is 0. The van der Waals surface area contributed by atoms with E-state index in [0.717, 1.165) is 16.5 Å². The van der Waals surface area contributed by atoms with E-state index in [-0.39, 0.29) is 12.5 Å². The van der Waals surface area contributed by atoms with Gasteiger partial charge >= 0.3 is 0 Å². The van der Waals surface area contributed by atoms with Crippen molar-refractivity contribution in [2.24, 2.45) is 0 Å². The molecule has 1 amide bonds. The van der Waals surface area contributed by atoms with Crippen LogP contribution in [0.25, 0.3) is 22.2 Å². The number of piperidine rings is 1. The van der Waals surface area contributed by atoms with Crippen molar-refractivity contribution in [1.29, 1.82) is 0 Å². The number of alkyl halides is 1. The molecule has 4 heterocycles. The van der Waals surface area contributed by atoms with Gasteiger partial charge in [0.05, 0.1) is 12.1 Å². The maximum Gasteiger partial charge on any atom is 0.262 e. The Balaban J connectivity index is 1.68. The molecule has 156 valence electrons. The van der Waals surface area contributed by atoms with Crippen LogP contribution in [0.15, 0.2) is 36.5 Å². The van der Waals surface area contributed by atoms with Crippen molar-refractivity contribution < 1.29 is 13.9 Å². The molecule has 30 heavy (non-hydrogen) atoms. The van der Waals surface area contributed by atoms with Crippen LogP contribution in [0.4, 0.5) is 10.2 Å². The molecule has 8 heteroatoms. The summed E-state index contributed by atoms with van der Waals surface area (Å²) in [4.78, 5) is 16.9. The van der Waals surface area contributed by atoms with E-state index in [1.165, 1.54) is 7.11 Å². The number of para-hydroxylation sites is 1. The molecule has 5 rings (SSSR count). The van der Waals surface area contributed by atoms with E-state index in [1.54, 1.807) is 17.8 Å². The molecule has 1 aromatic carbocycles. The standard InChI is InChI=1S/C22H24FN5O2/c1-21(30-2)17-15(7-10-25-19(17)26-20(21)29)18-14-5-3-4-6-16(14)28(27-18)13-22(23)8-11-24-12-9-22/h3-7,10,24H,8-9,11-13H2,1-2H3,(H,25,26,29)/t21-/m0/s1. The van der Waals surface area contributed by atoms with E-state index in [9.17, 15) is 4.79 Å². The maximum absolute atomic E-state index is 15.5. The van der Waals surface area contributed by atoms with Gasteiger partial charge in [-0.3, -0.25) is 9.48 Å². The third kappa shape index (κ3) is 2.82. The van der Waals surface area contributed by atoms with E-state index in [1.807, 2.05) is 30.3 Å². The number of methoxy groups -OCH3 is 1. The highest BCUT2D eigenvalue weighted by Gasteiger charge is 2.46. The van der Waals surface area contributed by atoms with Crippen molar-refractivity contribution >= 4 is 22.6 Å². The number of aromatic nitrogens is 3. The summed E-state index contributed by atoms with van der Waals surface area (Å²) in [7, 11) is 1.51. The van der Waals surface area contributed by atoms with Crippen molar-refractivity contribution in [3.63, 3.8) is 0 Å². The molecule has 2 aliphatic heterocycles. The van der Waals surface area contributed by atoms with Crippen LogP contribution in [-0.2, 0) is 21.7 Å². The smallest absolute Gasteiger partial charge is 0.262 e. The van der Waals surface area contributed by atoms with Gasteiger partial charge in [-0.2, -0.15) is 5.10 Å². The number of hydrogen-bond acceptors (Lipinski definition) is 5. The highest BCUT2D eigenvalue weighted by atomic mass is 19.1. The summed E-state index contributed by atoms with van der Waals surface area (Å²) in [6.07, 6.45) is 2.57. The number of carbonyl (C=O) groups is 1. The first-order valence-corrected chi connectivity index (χ1v) is 10.2. The van der Waals surface area contributed by atoms with Crippen LogP contribution < -0.4 is 10.6 Å². The molecule has 7 nitrogen and oxygen atoms in total. The second-order valence-corrected chi connectivity index (χ2v) is 8.20. The molecule has 2 N–H and O–H groups in total. The number of rotatable bonds is 4. The first kappa shape index (κ1) is 19.1. The lowest BCUT2D eigenvalue weighted by atomic mass is 9.92. The first-order chi connectivity index (χ1) is 14.5. The summed E-state index contributed by atoms with van der Waals surface area (Å²) < 4.78 is 22.8. The van der Waals surface area contributed by atoms with Crippen molar-refractivity contribution in [2.75, 3.05) is 25.5 Å². The number of anilines is 1. The van der Waals surface area contributed by atoms with E-state index in [4.69, 9.17) is 9.84 Å². The number of amides is 1. The molecule has 2 aliphatic rings. The van der Waals surface area contributed by atoms with E-state index in [0.29, 0.717) is 43.0 Å². The lowest BCUT2D eigenvalue weighted by molar-refractivity contribution is -0.135. The fourth-order valence-electron chi connectivity index (χ4n) is 4.52. The molecule has 1 fully saturated rings. The van der Waals surface area contributed by atoms with Crippen LogP contribution in [-0.4, -0.2) is 46.5 Å². The number of hydrogen-bond donors (Lipinski definition) is 2. The maximum atomic E-state index is 15.5. The van der Waals surface area contributed by atoms with Crippen molar-refractivity contribution in [3.05, 3.63) is 42.1 Å². The third-order valence-electron chi connectivity index (χ3n) is 6.35. The summed E-state index contributed by atoms with van der Waals surface area (Å²) in [5, 5.41) is 11.8. The average Bonchev–Trinajstić information content (AvgIpc) is 3.24. The number of halogens is 1. The highest BCUT2D eigenvalue weighted by Crippen LogP contribution is 2.44. The van der Waals surface area contributed by atoms with E-state index < -0.39 is 11.3 Å². The zero-order chi connectivity index (χ0) is 20.9. The number of benzene rings is 1. The Kier molecular flexibility index (Phi) is 4.37. The van der Waals surface area contributed by atoms with Gasteiger partial charge in [0.2, 0.25) is 0 Å². The van der Waals surface area contributed by atoms with Gasteiger partial charge in [-0.25, -0.2) is 9.37 Å². The minimum atomic E-state index is -1.30. The largest absolute Gasteiger partial charge is 0.364 e. The summed E-state index contributed by atoms with van der Waals surface area (Å²) in [5.41, 5.74) is 0.517. The molecule has 0 radical (unpaired) electrons. The van der Waals surface area contributed by atoms with Gasteiger partial charge in [0, 0.05) is 29.8 Å². The van der Waals surface area contributed by atoms with Gasteiger partial charge in [0.15, 0.2) is 5.60 Å².